The summed E-state index contributed by atoms with van der Waals surface area (Å²) < 4.78 is 11.1. The van der Waals surface area contributed by atoms with Gasteiger partial charge in [-0.1, -0.05) is 41.4 Å². The fourth-order valence-corrected chi connectivity index (χ4v) is 3.80. The first kappa shape index (κ1) is 20.1. The number of carboxylic acids is 1. The lowest BCUT2D eigenvalue weighted by Gasteiger charge is -2.29. The molecule has 2 N–H and O–H groups in total. The quantitative estimate of drug-likeness (QED) is 0.654. The Balaban J connectivity index is 2.03. The van der Waals surface area contributed by atoms with Crippen molar-refractivity contribution in [3.63, 3.8) is 0 Å². The number of fused-ring (bicyclic) bond motifs is 2. The molecule has 0 spiro atoms. The molecule has 0 aromatic heterocycles. The number of carbonyl (C=O) groups excluding carboxylic acids is 1. The molecule has 0 bridgehead atoms. The van der Waals surface area contributed by atoms with Gasteiger partial charge in [0, 0.05) is 35.8 Å². The topological polar surface area (TPSA) is 93.1 Å². The number of esters is 1. The molecule has 0 saturated heterocycles. The van der Waals surface area contributed by atoms with Crippen molar-refractivity contribution < 1.29 is 29.3 Å². The van der Waals surface area contributed by atoms with Crippen molar-refractivity contribution >= 4 is 40.7 Å². The van der Waals surface area contributed by atoms with Crippen molar-refractivity contribution in [2.24, 2.45) is 0 Å². The molecule has 0 amide bonds. The van der Waals surface area contributed by atoms with E-state index in [2.05, 4.69) is 0 Å². The maximum Gasteiger partial charge on any atom is 0.336 e. The minimum absolute atomic E-state index is 0.0722. The minimum Gasteiger partial charge on any atom is -0.506 e. The van der Waals surface area contributed by atoms with Gasteiger partial charge in [0.05, 0.1) is 15.6 Å². The second-order valence-electron chi connectivity index (χ2n) is 6.63. The predicted molar refractivity (Wildman–Crippen MR) is 111 cm³/mol. The van der Waals surface area contributed by atoms with Crippen LogP contribution in [0.4, 0.5) is 0 Å². The molecule has 0 fully saturated rings. The summed E-state index contributed by atoms with van der Waals surface area (Å²) in [7, 11) is 0. The Hall–Kier alpha value is -3.22. The highest BCUT2D eigenvalue weighted by Gasteiger charge is 2.32. The summed E-state index contributed by atoms with van der Waals surface area (Å²) in [6.45, 7) is 1.26. The zero-order chi connectivity index (χ0) is 21.6. The predicted octanol–water partition coefficient (Wildman–Crippen LogP) is 4.89. The van der Waals surface area contributed by atoms with Crippen molar-refractivity contribution in [2.75, 3.05) is 0 Å². The molecule has 8 heteroatoms. The molecule has 152 valence electrons. The van der Waals surface area contributed by atoms with Crippen LogP contribution in [0.3, 0.4) is 0 Å². The van der Waals surface area contributed by atoms with E-state index in [1.807, 2.05) is 0 Å². The van der Waals surface area contributed by atoms with Crippen LogP contribution in [0.5, 0.6) is 11.5 Å². The number of allylic oxidation sites excluding steroid dienone is 1. The van der Waals surface area contributed by atoms with Crippen molar-refractivity contribution in [3.05, 3.63) is 86.6 Å². The first-order valence-electron chi connectivity index (χ1n) is 8.80. The van der Waals surface area contributed by atoms with Gasteiger partial charge in [-0.25, -0.2) is 4.79 Å². The number of phenolic OH excluding ortho intramolecular Hbond substituents is 1. The number of halogens is 2. The molecule has 2 aromatic carbocycles. The van der Waals surface area contributed by atoms with Crippen LogP contribution in [-0.2, 0) is 9.53 Å². The number of aromatic carboxylic acids is 1. The summed E-state index contributed by atoms with van der Waals surface area (Å²) in [5, 5.41) is 20.0. The monoisotopic (exact) mass is 444 g/mol. The van der Waals surface area contributed by atoms with E-state index in [-0.39, 0.29) is 27.1 Å². The molecule has 1 unspecified atom stereocenters. The first-order valence-corrected chi connectivity index (χ1v) is 9.56. The third-order valence-electron chi connectivity index (χ3n) is 4.65. The molecule has 1 aliphatic carbocycles. The summed E-state index contributed by atoms with van der Waals surface area (Å²) >= 11 is 12.5. The lowest BCUT2D eigenvalue weighted by molar-refractivity contribution is -0.142. The lowest BCUT2D eigenvalue weighted by atomic mass is 9.85. The summed E-state index contributed by atoms with van der Waals surface area (Å²) in [5.74, 6) is -1.23. The molecule has 4 rings (SSSR count). The second kappa shape index (κ2) is 7.55. The molecule has 1 aliphatic heterocycles. The molecule has 0 saturated carbocycles. The van der Waals surface area contributed by atoms with Gasteiger partial charge in [-0.2, -0.15) is 0 Å². The van der Waals surface area contributed by atoms with Gasteiger partial charge in [0.25, 0.3) is 0 Å². The van der Waals surface area contributed by atoms with Gasteiger partial charge in [-0.15, -0.1) is 0 Å². The van der Waals surface area contributed by atoms with Crippen molar-refractivity contribution in [1.82, 2.24) is 0 Å². The minimum atomic E-state index is -1.11. The maximum absolute atomic E-state index is 11.9. The van der Waals surface area contributed by atoms with Crippen LogP contribution < -0.4 is 4.74 Å². The highest BCUT2D eigenvalue weighted by molar-refractivity contribution is 6.32. The van der Waals surface area contributed by atoms with Crippen LogP contribution in [0.1, 0.15) is 28.4 Å². The van der Waals surface area contributed by atoms with E-state index in [1.165, 1.54) is 31.2 Å². The van der Waals surface area contributed by atoms with Crippen LogP contribution in [-0.4, -0.2) is 28.3 Å². The molecule has 2 aliphatic rings. The van der Waals surface area contributed by atoms with E-state index < -0.39 is 18.0 Å². The Morgan fingerprint density at radius 3 is 2.57 bits per heavy atom. The molecule has 0 radical (unpaired) electrons. The number of aromatic hydroxyl groups is 1. The summed E-state index contributed by atoms with van der Waals surface area (Å²) in [6.07, 6.45) is 2.25. The van der Waals surface area contributed by atoms with Crippen LogP contribution in [0, 0.1) is 0 Å². The van der Waals surface area contributed by atoms with Gasteiger partial charge in [-0.3, -0.25) is 4.79 Å². The highest BCUT2D eigenvalue weighted by Crippen LogP contribution is 2.47. The maximum atomic E-state index is 11.9. The number of hydrogen-bond donors (Lipinski definition) is 2. The zero-order valence-electron chi connectivity index (χ0n) is 15.5. The Bertz CT molecular complexity index is 1190. The number of ether oxygens (including phenoxy) is 2. The van der Waals surface area contributed by atoms with Crippen molar-refractivity contribution in [2.45, 2.75) is 13.0 Å². The smallest absolute Gasteiger partial charge is 0.336 e. The Morgan fingerprint density at radius 2 is 1.87 bits per heavy atom. The summed E-state index contributed by atoms with van der Waals surface area (Å²) in [6, 6.07) is 9.34. The average Bonchev–Trinajstić information content (AvgIpc) is 2.68. The Labute approximate surface area is 181 Å². The number of benzene rings is 2. The van der Waals surface area contributed by atoms with Crippen molar-refractivity contribution in [3.8, 4) is 11.5 Å². The van der Waals surface area contributed by atoms with Crippen molar-refractivity contribution in [1.29, 1.82) is 0 Å². The van der Waals surface area contributed by atoms with Gasteiger partial charge in [0.1, 0.15) is 17.3 Å². The number of carboxylic acid groups (broad SMARTS) is 1. The van der Waals surface area contributed by atoms with E-state index in [1.54, 1.807) is 24.3 Å². The molecule has 1 atom stereocenters. The molecular weight excluding hydrogens is 431 g/mol. The van der Waals surface area contributed by atoms with E-state index in [9.17, 15) is 19.8 Å². The number of rotatable bonds is 3. The summed E-state index contributed by atoms with van der Waals surface area (Å²) in [5.41, 5.74) is 2.00. The lowest BCUT2D eigenvalue weighted by Crippen LogP contribution is -2.22. The highest BCUT2D eigenvalue weighted by atomic mass is 35.5. The first-order chi connectivity index (χ1) is 14.3. The third-order valence-corrected chi connectivity index (χ3v) is 5.28. The van der Waals surface area contributed by atoms with Gasteiger partial charge >= 0.3 is 11.9 Å². The van der Waals surface area contributed by atoms with E-state index >= 15 is 0 Å². The van der Waals surface area contributed by atoms with Crippen LogP contribution >= 0.6 is 23.2 Å². The van der Waals surface area contributed by atoms with Crippen LogP contribution in [0.2, 0.25) is 5.02 Å². The normalized spacial score (nSPS) is 17.2. The molecule has 30 heavy (non-hydrogen) atoms. The Morgan fingerprint density at radius 1 is 1.13 bits per heavy atom. The number of carbonyl (C=O) groups is 2. The van der Waals surface area contributed by atoms with Gasteiger partial charge in [0.2, 0.25) is 0 Å². The zero-order valence-corrected chi connectivity index (χ0v) is 17.0. The van der Waals surface area contributed by atoms with Gasteiger partial charge < -0.3 is 19.7 Å². The fourth-order valence-electron chi connectivity index (χ4n) is 3.42. The Kier molecular flexibility index (Phi) is 5.05. The second-order valence-corrected chi connectivity index (χ2v) is 7.48. The molecular formula is C22H14Cl2O6. The molecule has 1 heterocycles. The number of phenols is 1. The van der Waals surface area contributed by atoms with Gasteiger partial charge in [0.15, 0.2) is 6.10 Å². The fraction of sp³-hybridized carbons (Fsp3) is 0.0909. The van der Waals surface area contributed by atoms with Gasteiger partial charge in [-0.05, 0) is 23.8 Å². The van der Waals surface area contributed by atoms with Crippen LogP contribution in [0.15, 0.2) is 64.9 Å². The largest absolute Gasteiger partial charge is 0.506 e. The van der Waals surface area contributed by atoms with Crippen LogP contribution in [0.25, 0.3) is 5.57 Å². The van der Waals surface area contributed by atoms with E-state index in [0.29, 0.717) is 28.0 Å². The standard InChI is InChI=1S/C22H14Cl2O6/c1-10(25)29-20-9-19-14(7-16(20)24)21(11-4-2-3-5-12(11)22(27)28)13-6-15(23)17(26)8-18(13)30-19/h2-9,20,26H,1H3,(H,27,28). The van der Waals surface area contributed by atoms with E-state index in [0.717, 1.165) is 0 Å². The van der Waals surface area contributed by atoms with E-state index in [4.69, 9.17) is 32.7 Å². The molecule has 2 aromatic rings. The summed E-state index contributed by atoms with van der Waals surface area (Å²) in [4.78, 5) is 23.3. The molecule has 6 nitrogen and oxygen atoms in total. The number of hydrogen-bond acceptors (Lipinski definition) is 5. The third kappa shape index (κ3) is 3.44. The SMILES string of the molecule is CC(=O)OC1C=C2Oc3cc(O)c(Cl)cc3C(c3ccccc3C(=O)O)=C2C=C1Cl. The average molecular weight is 445 g/mol.